The molecule has 1 saturated heterocycles. The molecule has 6 atom stereocenters. The second-order valence-corrected chi connectivity index (χ2v) is 8.33. The van der Waals surface area contributed by atoms with Crippen molar-refractivity contribution in [2.45, 2.75) is 69.6 Å². The van der Waals surface area contributed by atoms with Gasteiger partial charge in [-0.05, 0) is 18.6 Å². The van der Waals surface area contributed by atoms with Gasteiger partial charge in [-0.15, -0.1) is 0 Å². The number of esters is 3. The summed E-state index contributed by atoms with van der Waals surface area (Å²) in [6.07, 6.45) is -4.28. The summed E-state index contributed by atoms with van der Waals surface area (Å²) in [5.74, 6) is -3.14. The Morgan fingerprint density at radius 2 is 1.81 bits per heavy atom. The highest BCUT2D eigenvalue weighted by Crippen LogP contribution is 2.29. The number of benzene rings is 1. The number of ether oxygens (including phenoxy) is 5. The van der Waals surface area contributed by atoms with Crippen molar-refractivity contribution < 1.29 is 58.2 Å². The number of hydrogen-bond acceptors (Lipinski definition) is 12. The Labute approximate surface area is 206 Å². The van der Waals surface area contributed by atoms with E-state index in [0.29, 0.717) is 12.0 Å². The highest BCUT2D eigenvalue weighted by molar-refractivity contribution is 6.09. The van der Waals surface area contributed by atoms with Crippen molar-refractivity contribution in [3.8, 4) is 5.75 Å². The van der Waals surface area contributed by atoms with E-state index in [2.05, 4.69) is 0 Å². The molecule has 1 aromatic carbocycles. The molecule has 0 aromatic heterocycles. The van der Waals surface area contributed by atoms with E-state index < -0.39 is 73.2 Å². The first kappa shape index (κ1) is 27.3. The standard InChI is InChI=1S/C24H28O12/c1-13(25)32-12-17-19(28)20(29)21(34-14(2)26)22(36-17)35-16-8-4-3-7-15(16)11-33-23(30)24(31)10-6-5-9-18(24)27/h3-4,6-8,10,17,19-22,28-29,31H,5,9,11-12H2,1-2H3/t17-,19+,20-,21+,22+,24-/m0/s1. The first-order valence-corrected chi connectivity index (χ1v) is 11.2. The maximum absolute atomic E-state index is 12.5. The molecule has 0 radical (unpaired) electrons. The average molecular weight is 508 g/mol. The average Bonchev–Trinajstić information content (AvgIpc) is 2.83. The van der Waals surface area contributed by atoms with E-state index in [0.717, 1.165) is 19.9 Å². The van der Waals surface area contributed by atoms with E-state index >= 15 is 0 Å². The molecule has 3 rings (SSSR count). The monoisotopic (exact) mass is 508 g/mol. The second-order valence-electron chi connectivity index (χ2n) is 8.33. The Kier molecular flexibility index (Phi) is 8.79. The van der Waals surface area contributed by atoms with Gasteiger partial charge >= 0.3 is 17.9 Å². The second kappa shape index (κ2) is 11.6. The molecule has 12 heteroatoms. The number of ketones is 1. The zero-order valence-electron chi connectivity index (χ0n) is 19.7. The number of Topliss-reactive ketones (excluding diaryl/α,β-unsaturated/α-hetero) is 1. The van der Waals surface area contributed by atoms with Gasteiger partial charge in [0.15, 0.2) is 11.9 Å². The molecule has 0 saturated carbocycles. The Bertz CT molecular complexity index is 1020. The van der Waals surface area contributed by atoms with Gasteiger partial charge < -0.3 is 39.0 Å². The van der Waals surface area contributed by atoms with Gasteiger partial charge in [-0.25, -0.2) is 4.79 Å². The lowest BCUT2D eigenvalue weighted by molar-refractivity contribution is -0.282. The fraction of sp³-hybridized carbons (Fsp3) is 0.500. The molecule has 0 spiro atoms. The van der Waals surface area contributed by atoms with Gasteiger partial charge in [-0.2, -0.15) is 0 Å². The predicted octanol–water partition coefficient (Wildman–Crippen LogP) is -0.300. The van der Waals surface area contributed by atoms with Crippen LogP contribution in [0.4, 0.5) is 0 Å². The van der Waals surface area contributed by atoms with Gasteiger partial charge in [-0.1, -0.05) is 24.3 Å². The zero-order chi connectivity index (χ0) is 26.5. The normalized spacial score (nSPS) is 29.8. The Balaban J connectivity index is 1.78. The molecule has 2 aliphatic rings. The maximum atomic E-state index is 12.5. The van der Waals surface area contributed by atoms with Crippen LogP contribution in [0.15, 0.2) is 36.4 Å². The number of aliphatic hydroxyl groups excluding tert-OH is 2. The SMILES string of the molecule is CC(=O)OC[C@@H]1O[C@@H](Oc2ccccc2COC(=O)[C@]2(O)C=CCCC2=O)[C@H](OC(C)=O)[C@@H](O)[C@@H]1O. The first-order valence-electron chi connectivity index (χ1n) is 11.2. The summed E-state index contributed by atoms with van der Waals surface area (Å²) in [5, 5.41) is 31.3. The molecule has 0 amide bonds. The van der Waals surface area contributed by atoms with E-state index in [9.17, 15) is 34.5 Å². The minimum Gasteiger partial charge on any atom is -0.463 e. The molecule has 1 aliphatic heterocycles. The van der Waals surface area contributed by atoms with Gasteiger partial charge in [-0.3, -0.25) is 14.4 Å². The molecule has 196 valence electrons. The molecule has 1 aliphatic carbocycles. The molecule has 12 nitrogen and oxygen atoms in total. The molecule has 0 unspecified atom stereocenters. The van der Waals surface area contributed by atoms with Crippen molar-refractivity contribution in [3.05, 3.63) is 42.0 Å². The van der Waals surface area contributed by atoms with Gasteiger partial charge in [0.2, 0.25) is 11.9 Å². The van der Waals surface area contributed by atoms with Crippen LogP contribution >= 0.6 is 0 Å². The molecule has 3 N–H and O–H groups in total. The van der Waals surface area contributed by atoms with Gasteiger partial charge in [0.1, 0.15) is 37.3 Å². The quantitative estimate of drug-likeness (QED) is 0.181. The van der Waals surface area contributed by atoms with Crippen LogP contribution < -0.4 is 4.74 Å². The number of aliphatic hydroxyl groups is 3. The smallest absolute Gasteiger partial charge is 0.350 e. The topological polar surface area (TPSA) is 175 Å². The summed E-state index contributed by atoms with van der Waals surface area (Å²) in [5.41, 5.74) is -2.07. The molecular formula is C24H28O12. The molecule has 1 heterocycles. The first-order chi connectivity index (χ1) is 17.0. The van der Waals surface area contributed by atoms with E-state index in [1.54, 1.807) is 12.1 Å². The fourth-order valence-electron chi connectivity index (χ4n) is 3.70. The van der Waals surface area contributed by atoms with Gasteiger partial charge in [0.25, 0.3) is 0 Å². The van der Waals surface area contributed by atoms with Crippen molar-refractivity contribution >= 4 is 23.7 Å². The number of carbonyl (C=O) groups excluding carboxylic acids is 4. The predicted molar refractivity (Wildman–Crippen MR) is 118 cm³/mol. The summed E-state index contributed by atoms with van der Waals surface area (Å²) in [7, 11) is 0. The van der Waals surface area contributed by atoms with Crippen LogP contribution in [0.2, 0.25) is 0 Å². The van der Waals surface area contributed by atoms with Crippen LogP contribution in [0.1, 0.15) is 32.3 Å². The number of rotatable bonds is 8. The summed E-state index contributed by atoms with van der Waals surface area (Å²) in [6.45, 7) is 1.46. The van der Waals surface area contributed by atoms with Crippen LogP contribution in [-0.4, -0.2) is 81.9 Å². The van der Waals surface area contributed by atoms with Crippen LogP contribution in [-0.2, 0) is 44.7 Å². The van der Waals surface area contributed by atoms with Crippen LogP contribution in [0.25, 0.3) is 0 Å². The van der Waals surface area contributed by atoms with Crippen molar-refractivity contribution in [1.82, 2.24) is 0 Å². The van der Waals surface area contributed by atoms with Crippen molar-refractivity contribution in [1.29, 1.82) is 0 Å². The lowest BCUT2D eigenvalue weighted by Crippen LogP contribution is -2.61. The van der Waals surface area contributed by atoms with Crippen LogP contribution in [0, 0.1) is 0 Å². The Morgan fingerprint density at radius 3 is 2.47 bits per heavy atom. The Morgan fingerprint density at radius 1 is 1.08 bits per heavy atom. The van der Waals surface area contributed by atoms with E-state index in [1.165, 1.54) is 18.2 Å². The molecule has 1 fully saturated rings. The lowest BCUT2D eigenvalue weighted by atomic mass is 9.90. The van der Waals surface area contributed by atoms with E-state index in [-0.39, 0.29) is 12.2 Å². The summed E-state index contributed by atoms with van der Waals surface area (Å²) in [4.78, 5) is 47.3. The summed E-state index contributed by atoms with van der Waals surface area (Å²) >= 11 is 0. The van der Waals surface area contributed by atoms with E-state index in [1.807, 2.05) is 0 Å². The fourth-order valence-corrected chi connectivity index (χ4v) is 3.70. The lowest BCUT2D eigenvalue weighted by Gasteiger charge is -2.41. The van der Waals surface area contributed by atoms with Crippen molar-refractivity contribution in [3.63, 3.8) is 0 Å². The third kappa shape index (κ3) is 6.26. The maximum Gasteiger partial charge on any atom is 0.350 e. The molecule has 0 bridgehead atoms. The largest absolute Gasteiger partial charge is 0.463 e. The van der Waals surface area contributed by atoms with Crippen molar-refractivity contribution in [2.75, 3.05) is 6.61 Å². The van der Waals surface area contributed by atoms with Crippen molar-refractivity contribution in [2.24, 2.45) is 0 Å². The van der Waals surface area contributed by atoms with Gasteiger partial charge in [0, 0.05) is 25.8 Å². The van der Waals surface area contributed by atoms with E-state index in [4.69, 9.17) is 23.7 Å². The Hall–Kier alpha value is -3.32. The van der Waals surface area contributed by atoms with Crippen LogP contribution in [0.5, 0.6) is 5.75 Å². The summed E-state index contributed by atoms with van der Waals surface area (Å²) < 4.78 is 26.6. The third-order valence-electron chi connectivity index (χ3n) is 5.61. The molecule has 36 heavy (non-hydrogen) atoms. The zero-order valence-corrected chi connectivity index (χ0v) is 19.7. The number of carbonyl (C=O) groups is 4. The molecule has 1 aromatic rings. The van der Waals surface area contributed by atoms with Gasteiger partial charge in [0.05, 0.1) is 0 Å². The third-order valence-corrected chi connectivity index (χ3v) is 5.61. The number of allylic oxidation sites excluding steroid dienone is 1. The highest BCUT2D eigenvalue weighted by Gasteiger charge is 2.48. The highest BCUT2D eigenvalue weighted by atomic mass is 16.7. The minimum atomic E-state index is -2.37. The number of hydrogen-bond donors (Lipinski definition) is 3. The minimum absolute atomic E-state index is 0.00103. The summed E-state index contributed by atoms with van der Waals surface area (Å²) in [6, 6.07) is 6.23. The molecular weight excluding hydrogens is 480 g/mol. The van der Waals surface area contributed by atoms with Crippen LogP contribution in [0.3, 0.4) is 0 Å². The number of para-hydroxylation sites is 1.